The minimum absolute atomic E-state index is 0.0287. The zero-order valence-electron chi connectivity index (χ0n) is 12.7. The van der Waals surface area contributed by atoms with Crippen LogP contribution < -0.4 is 5.73 Å². The van der Waals surface area contributed by atoms with Crippen LogP contribution in [0.15, 0.2) is 0 Å². The first-order valence-electron chi connectivity index (χ1n) is 7.31. The summed E-state index contributed by atoms with van der Waals surface area (Å²) in [5.74, 6) is 0.295. The molecule has 0 heterocycles. The Morgan fingerprint density at radius 2 is 1.84 bits per heavy atom. The van der Waals surface area contributed by atoms with Gasteiger partial charge in [0.2, 0.25) is 0 Å². The molecule has 0 saturated heterocycles. The highest BCUT2D eigenvalue weighted by atomic mass is 32.2. The number of rotatable bonds is 6. The van der Waals surface area contributed by atoms with Gasteiger partial charge in [0.1, 0.15) is 0 Å². The van der Waals surface area contributed by atoms with Crippen LogP contribution in [-0.2, 0) is 10.2 Å². The van der Waals surface area contributed by atoms with E-state index < -0.39 is 10.2 Å². The number of nitrogens with zero attached hydrogens (tertiary/aromatic N) is 2. The third-order valence-corrected chi connectivity index (χ3v) is 6.51. The molecule has 114 valence electrons. The Bertz CT molecular complexity index is 370. The molecule has 0 bridgehead atoms. The summed E-state index contributed by atoms with van der Waals surface area (Å²) >= 11 is 0. The lowest BCUT2D eigenvalue weighted by molar-refractivity contribution is 0.177. The fourth-order valence-electron chi connectivity index (χ4n) is 2.84. The quantitative estimate of drug-likeness (QED) is 0.804. The molecule has 2 N–H and O–H groups in total. The minimum atomic E-state index is -3.38. The summed E-state index contributed by atoms with van der Waals surface area (Å²) in [5.41, 5.74) is 5.83. The Labute approximate surface area is 118 Å². The second-order valence-corrected chi connectivity index (χ2v) is 7.61. The van der Waals surface area contributed by atoms with Gasteiger partial charge in [0.05, 0.1) is 0 Å². The second kappa shape index (κ2) is 7.02. The molecular formula is C13H29N3O2S. The van der Waals surface area contributed by atoms with Crippen molar-refractivity contribution in [2.45, 2.75) is 58.5 Å². The van der Waals surface area contributed by atoms with Crippen LogP contribution in [0.5, 0.6) is 0 Å². The van der Waals surface area contributed by atoms with E-state index in [0.29, 0.717) is 19.0 Å². The van der Waals surface area contributed by atoms with Crippen LogP contribution in [0.3, 0.4) is 0 Å². The van der Waals surface area contributed by atoms with Crippen molar-refractivity contribution < 1.29 is 8.42 Å². The normalized spacial score (nSPS) is 25.5. The van der Waals surface area contributed by atoms with Gasteiger partial charge in [-0.2, -0.15) is 17.0 Å². The lowest BCUT2D eigenvalue weighted by atomic mass is 9.84. The number of nitrogens with two attached hydrogens (primary N) is 1. The molecule has 2 atom stereocenters. The summed E-state index contributed by atoms with van der Waals surface area (Å²) < 4.78 is 28.5. The number of hydrogen-bond donors (Lipinski definition) is 1. The third kappa shape index (κ3) is 3.68. The van der Waals surface area contributed by atoms with Crippen LogP contribution in [0.1, 0.15) is 46.5 Å². The van der Waals surface area contributed by atoms with Crippen LogP contribution in [0, 0.1) is 5.92 Å². The maximum Gasteiger partial charge on any atom is 0.282 e. The topological polar surface area (TPSA) is 66.6 Å². The SMILES string of the molecule is CCN(C1CCCCC1CN)S(=O)(=O)N(C)C(C)C. The molecule has 5 nitrogen and oxygen atoms in total. The largest absolute Gasteiger partial charge is 0.330 e. The van der Waals surface area contributed by atoms with Gasteiger partial charge in [0.25, 0.3) is 10.2 Å². The fraction of sp³-hybridized carbons (Fsp3) is 1.00. The molecule has 1 aliphatic rings. The van der Waals surface area contributed by atoms with Crippen LogP contribution >= 0.6 is 0 Å². The summed E-state index contributed by atoms with van der Waals surface area (Å²) in [4.78, 5) is 0. The first-order valence-corrected chi connectivity index (χ1v) is 8.70. The van der Waals surface area contributed by atoms with E-state index in [2.05, 4.69) is 0 Å². The maximum atomic E-state index is 12.7. The molecule has 2 unspecified atom stereocenters. The van der Waals surface area contributed by atoms with Crippen molar-refractivity contribution in [3.63, 3.8) is 0 Å². The molecule has 0 aromatic carbocycles. The highest BCUT2D eigenvalue weighted by Gasteiger charge is 2.37. The van der Waals surface area contributed by atoms with E-state index in [0.717, 1.165) is 25.7 Å². The van der Waals surface area contributed by atoms with Crippen molar-refractivity contribution in [2.75, 3.05) is 20.1 Å². The Morgan fingerprint density at radius 3 is 2.32 bits per heavy atom. The van der Waals surface area contributed by atoms with Gasteiger partial charge < -0.3 is 5.73 Å². The van der Waals surface area contributed by atoms with Crippen molar-refractivity contribution in [1.82, 2.24) is 8.61 Å². The molecule has 1 rings (SSSR count). The molecule has 0 aliphatic heterocycles. The zero-order valence-corrected chi connectivity index (χ0v) is 13.5. The Balaban J connectivity index is 2.98. The predicted octanol–water partition coefficient (Wildman–Crippen LogP) is 1.41. The number of hydrogen-bond acceptors (Lipinski definition) is 3. The minimum Gasteiger partial charge on any atom is -0.330 e. The monoisotopic (exact) mass is 291 g/mol. The van der Waals surface area contributed by atoms with E-state index in [9.17, 15) is 8.42 Å². The molecule has 1 fully saturated rings. The average Bonchev–Trinajstić information content (AvgIpc) is 2.38. The van der Waals surface area contributed by atoms with Gasteiger partial charge in [-0.3, -0.25) is 0 Å². The lowest BCUT2D eigenvalue weighted by Crippen LogP contribution is -2.53. The van der Waals surface area contributed by atoms with Crippen molar-refractivity contribution >= 4 is 10.2 Å². The third-order valence-electron chi connectivity index (χ3n) is 4.24. The fourth-order valence-corrected chi connectivity index (χ4v) is 4.65. The molecule has 0 radical (unpaired) electrons. The van der Waals surface area contributed by atoms with Crippen molar-refractivity contribution in [2.24, 2.45) is 11.7 Å². The van der Waals surface area contributed by atoms with Crippen molar-refractivity contribution in [3.05, 3.63) is 0 Å². The predicted molar refractivity (Wildman–Crippen MR) is 79.0 cm³/mol. The molecule has 0 aromatic heterocycles. The van der Waals surface area contributed by atoms with E-state index in [1.807, 2.05) is 20.8 Å². The van der Waals surface area contributed by atoms with Gasteiger partial charge in [-0.1, -0.05) is 19.8 Å². The van der Waals surface area contributed by atoms with Crippen LogP contribution in [0.4, 0.5) is 0 Å². The van der Waals surface area contributed by atoms with E-state index in [1.54, 1.807) is 11.4 Å². The van der Waals surface area contributed by atoms with Gasteiger partial charge >= 0.3 is 0 Å². The molecular weight excluding hydrogens is 262 g/mol. The van der Waals surface area contributed by atoms with Crippen molar-refractivity contribution in [3.8, 4) is 0 Å². The van der Waals surface area contributed by atoms with Gasteiger partial charge in [-0.25, -0.2) is 0 Å². The molecule has 1 aliphatic carbocycles. The van der Waals surface area contributed by atoms with E-state index in [-0.39, 0.29) is 12.1 Å². The average molecular weight is 291 g/mol. The molecule has 0 spiro atoms. The van der Waals surface area contributed by atoms with E-state index >= 15 is 0 Å². The summed E-state index contributed by atoms with van der Waals surface area (Å²) in [6.07, 6.45) is 4.23. The summed E-state index contributed by atoms with van der Waals surface area (Å²) in [6, 6.07) is 0.0360. The smallest absolute Gasteiger partial charge is 0.282 e. The van der Waals surface area contributed by atoms with Gasteiger partial charge in [-0.05, 0) is 39.2 Å². The highest BCUT2D eigenvalue weighted by molar-refractivity contribution is 7.86. The summed E-state index contributed by atoms with van der Waals surface area (Å²) in [6.45, 7) is 6.79. The molecule has 0 amide bonds. The Hall–Kier alpha value is -0.170. The lowest BCUT2D eigenvalue weighted by Gasteiger charge is -2.40. The van der Waals surface area contributed by atoms with E-state index in [1.165, 1.54) is 4.31 Å². The van der Waals surface area contributed by atoms with Crippen molar-refractivity contribution in [1.29, 1.82) is 0 Å². The van der Waals surface area contributed by atoms with Gasteiger partial charge in [0.15, 0.2) is 0 Å². The molecule has 19 heavy (non-hydrogen) atoms. The first kappa shape index (κ1) is 16.9. The Morgan fingerprint density at radius 1 is 1.26 bits per heavy atom. The molecule has 0 aromatic rings. The van der Waals surface area contributed by atoms with Gasteiger partial charge in [0, 0.05) is 25.7 Å². The Kier molecular flexibility index (Phi) is 6.23. The summed E-state index contributed by atoms with van der Waals surface area (Å²) in [5, 5.41) is 0. The van der Waals surface area contributed by atoms with Crippen LogP contribution in [0.2, 0.25) is 0 Å². The zero-order chi connectivity index (χ0) is 14.6. The molecule has 6 heteroatoms. The standard InChI is InChI=1S/C13H29N3O2S/c1-5-16(19(17,18)15(4)11(2)3)13-9-7-6-8-12(13)10-14/h11-13H,5-10,14H2,1-4H3. The highest BCUT2D eigenvalue weighted by Crippen LogP contribution is 2.30. The van der Waals surface area contributed by atoms with Crippen LogP contribution in [0.25, 0.3) is 0 Å². The molecule has 1 saturated carbocycles. The summed E-state index contributed by atoms with van der Waals surface area (Å²) in [7, 11) is -1.73. The van der Waals surface area contributed by atoms with Crippen LogP contribution in [-0.4, -0.2) is 49.2 Å². The van der Waals surface area contributed by atoms with Gasteiger partial charge in [-0.15, -0.1) is 0 Å². The first-order chi connectivity index (χ1) is 8.86. The second-order valence-electron chi connectivity index (χ2n) is 5.67. The maximum absolute atomic E-state index is 12.7. The van der Waals surface area contributed by atoms with E-state index in [4.69, 9.17) is 5.73 Å².